The van der Waals surface area contributed by atoms with Gasteiger partial charge in [0.2, 0.25) is 5.89 Å². The molecule has 3 heterocycles. The lowest BCUT2D eigenvalue weighted by atomic mass is 10.2. The molecule has 1 aromatic heterocycles. The minimum atomic E-state index is 0. The smallest absolute Gasteiger partial charge is 0.227 e. The third-order valence-corrected chi connectivity index (χ3v) is 5.59. The standard InChI is InChI=1S/C18H24N4O3S.ClH/c1-22-7-6-19-12-14(22)18-20-17(25-21-18)5-10-26-13-3-4-15-16(11-13)24-9-2-8-23-15;/h3-4,11,14,19H,2,5-10,12H2,1H3;1H. The van der Waals surface area contributed by atoms with Crippen LogP contribution in [0, 0.1) is 0 Å². The normalized spacial score (nSPS) is 20.0. The van der Waals surface area contributed by atoms with Gasteiger partial charge in [0.15, 0.2) is 17.3 Å². The number of aryl methyl sites for hydroxylation is 1. The molecular formula is C18H25ClN4O3S. The molecule has 2 aliphatic heterocycles. The zero-order chi connectivity index (χ0) is 17.8. The lowest BCUT2D eigenvalue weighted by Crippen LogP contribution is -2.44. The van der Waals surface area contributed by atoms with Crippen molar-refractivity contribution in [2.45, 2.75) is 23.8 Å². The number of benzene rings is 1. The number of hydrogen-bond acceptors (Lipinski definition) is 8. The number of rotatable bonds is 5. The maximum Gasteiger partial charge on any atom is 0.227 e. The fourth-order valence-electron chi connectivity index (χ4n) is 3.09. The molecule has 4 rings (SSSR count). The van der Waals surface area contributed by atoms with Gasteiger partial charge in [-0.15, -0.1) is 24.2 Å². The third kappa shape index (κ3) is 5.07. The van der Waals surface area contributed by atoms with E-state index in [0.29, 0.717) is 19.1 Å². The van der Waals surface area contributed by atoms with Gasteiger partial charge in [0.1, 0.15) is 0 Å². The van der Waals surface area contributed by atoms with E-state index in [1.54, 1.807) is 11.8 Å². The highest BCUT2D eigenvalue weighted by Crippen LogP contribution is 2.34. The summed E-state index contributed by atoms with van der Waals surface area (Å²) in [5.74, 6) is 4.01. The van der Waals surface area contributed by atoms with Crippen molar-refractivity contribution in [3.8, 4) is 11.5 Å². The SMILES string of the molecule is CN1CCNCC1c1noc(CCSc2ccc3c(c2)OCCCO3)n1.Cl. The molecule has 2 aromatic rings. The Morgan fingerprint density at radius 2 is 2.11 bits per heavy atom. The fraction of sp³-hybridized carbons (Fsp3) is 0.556. The molecule has 0 bridgehead atoms. The van der Waals surface area contributed by atoms with Gasteiger partial charge in [-0.05, 0) is 25.2 Å². The summed E-state index contributed by atoms with van der Waals surface area (Å²) < 4.78 is 16.9. The molecule has 1 unspecified atom stereocenters. The van der Waals surface area contributed by atoms with Crippen molar-refractivity contribution >= 4 is 24.2 Å². The molecule has 0 saturated carbocycles. The van der Waals surface area contributed by atoms with E-state index < -0.39 is 0 Å². The highest BCUT2D eigenvalue weighted by atomic mass is 35.5. The average molecular weight is 413 g/mol. The van der Waals surface area contributed by atoms with Crippen LogP contribution in [0.5, 0.6) is 11.5 Å². The molecule has 7 nitrogen and oxygen atoms in total. The molecule has 2 aliphatic rings. The number of nitrogens with one attached hydrogen (secondary N) is 1. The van der Waals surface area contributed by atoms with Gasteiger partial charge in [-0.3, -0.25) is 4.90 Å². The Hall–Kier alpha value is -1.48. The topological polar surface area (TPSA) is 72.7 Å². The van der Waals surface area contributed by atoms with Crippen molar-refractivity contribution in [1.29, 1.82) is 0 Å². The van der Waals surface area contributed by atoms with E-state index in [1.165, 1.54) is 0 Å². The first-order valence-electron chi connectivity index (χ1n) is 9.05. The summed E-state index contributed by atoms with van der Waals surface area (Å²) in [6.07, 6.45) is 1.67. The first-order chi connectivity index (χ1) is 12.8. The maximum atomic E-state index is 5.74. The summed E-state index contributed by atoms with van der Waals surface area (Å²) in [5, 5.41) is 7.55. The molecule has 9 heteroatoms. The molecule has 0 amide bonds. The van der Waals surface area contributed by atoms with Crippen LogP contribution in [0.4, 0.5) is 0 Å². The first-order valence-corrected chi connectivity index (χ1v) is 10.0. The van der Waals surface area contributed by atoms with E-state index in [1.807, 2.05) is 12.1 Å². The lowest BCUT2D eigenvalue weighted by Gasteiger charge is -2.30. The van der Waals surface area contributed by atoms with Crippen LogP contribution in [-0.4, -0.2) is 60.7 Å². The van der Waals surface area contributed by atoms with Crippen LogP contribution in [0.25, 0.3) is 0 Å². The fourth-order valence-corrected chi connectivity index (χ4v) is 3.96. The zero-order valence-corrected chi connectivity index (χ0v) is 17.0. The minimum absolute atomic E-state index is 0. The molecule has 27 heavy (non-hydrogen) atoms. The van der Waals surface area contributed by atoms with Crippen molar-refractivity contribution < 1.29 is 14.0 Å². The van der Waals surface area contributed by atoms with Gasteiger partial charge in [0, 0.05) is 43.1 Å². The van der Waals surface area contributed by atoms with Gasteiger partial charge in [-0.1, -0.05) is 5.16 Å². The number of likely N-dealkylation sites (N-methyl/N-ethyl adjacent to an activating group) is 1. The molecule has 1 fully saturated rings. The molecular weight excluding hydrogens is 388 g/mol. The van der Waals surface area contributed by atoms with Gasteiger partial charge in [0.25, 0.3) is 0 Å². The zero-order valence-electron chi connectivity index (χ0n) is 15.3. The quantitative estimate of drug-likeness (QED) is 0.751. The number of aromatic nitrogens is 2. The highest BCUT2D eigenvalue weighted by Gasteiger charge is 2.25. The molecule has 0 spiro atoms. The van der Waals surface area contributed by atoms with Gasteiger partial charge in [-0.25, -0.2) is 0 Å². The van der Waals surface area contributed by atoms with Crippen molar-refractivity contribution in [1.82, 2.24) is 20.4 Å². The molecule has 1 aromatic carbocycles. The molecule has 1 saturated heterocycles. The molecule has 0 radical (unpaired) electrons. The largest absolute Gasteiger partial charge is 0.490 e. The maximum absolute atomic E-state index is 5.74. The molecule has 0 aliphatic carbocycles. The third-order valence-electron chi connectivity index (χ3n) is 4.60. The van der Waals surface area contributed by atoms with Gasteiger partial charge < -0.3 is 19.3 Å². The molecule has 1 atom stereocenters. The number of hydrogen-bond donors (Lipinski definition) is 1. The Labute approximate surface area is 169 Å². The van der Waals surface area contributed by atoms with E-state index in [9.17, 15) is 0 Å². The number of ether oxygens (including phenoxy) is 2. The number of piperazine rings is 1. The Kier molecular flexibility index (Phi) is 7.23. The van der Waals surface area contributed by atoms with E-state index >= 15 is 0 Å². The number of thioether (sulfide) groups is 1. The molecule has 148 valence electrons. The highest BCUT2D eigenvalue weighted by molar-refractivity contribution is 7.99. The Bertz CT molecular complexity index is 745. The Morgan fingerprint density at radius 3 is 2.96 bits per heavy atom. The number of nitrogens with zero attached hydrogens (tertiary/aromatic N) is 3. The van der Waals surface area contributed by atoms with E-state index in [0.717, 1.165) is 60.4 Å². The van der Waals surface area contributed by atoms with Crippen LogP contribution < -0.4 is 14.8 Å². The summed E-state index contributed by atoms with van der Waals surface area (Å²) in [5.41, 5.74) is 0. The van der Waals surface area contributed by atoms with E-state index in [2.05, 4.69) is 33.5 Å². The second-order valence-corrected chi connectivity index (χ2v) is 7.67. The van der Waals surface area contributed by atoms with Gasteiger partial charge in [-0.2, -0.15) is 4.98 Å². The lowest BCUT2D eigenvalue weighted by molar-refractivity contribution is 0.190. The summed E-state index contributed by atoms with van der Waals surface area (Å²) in [6.45, 7) is 4.28. The van der Waals surface area contributed by atoms with Crippen LogP contribution in [-0.2, 0) is 6.42 Å². The minimum Gasteiger partial charge on any atom is -0.490 e. The summed E-state index contributed by atoms with van der Waals surface area (Å²) in [6, 6.07) is 6.29. The van der Waals surface area contributed by atoms with Crippen LogP contribution in [0.1, 0.15) is 24.2 Å². The second-order valence-electron chi connectivity index (χ2n) is 6.50. The Morgan fingerprint density at radius 1 is 1.26 bits per heavy atom. The predicted octanol–water partition coefficient (Wildman–Crippen LogP) is 2.56. The average Bonchev–Trinajstić information content (AvgIpc) is 2.99. The summed E-state index contributed by atoms with van der Waals surface area (Å²) >= 11 is 1.75. The van der Waals surface area contributed by atoms with Gasteiger partial charge in [0.05, 0.1) is 19.3 Å². The Balaban J connectivity index is 0.00000210. The van der Waals surface area contributed by atoms with Crippen LogP contribution in [0.15, 0.2) is 27.6 Å². The first kappa shape index (κ1) is 20.3. The summed E-state index contributed by atoms with van der Waals surface area (Å²) in [4.78, 5) is 8.00. The van der Waals surface area contributed by atoms with Gasteiger partial charge >= 0.3 is 0 Å². The van der Waals surface area contributed by atoms with E-state index in [4.69, 9.17) is 14.0 Å². The molecule has 1 N–H and O–H groups in total. The van der Waals surface area contributed by atoms with Crippen molar-refractivity contribution in [2.24, 2.45) is 0 Å². The summed E-state index contributed by atoms with van der Waals surface area (Å²) in [7, 11) is 2.10. The van der Waals surface area contributed by atoms with Crippen molar-refractivity contribution in [3.63, 3.8) is 0 Å². The van der Waals surface area contributed by atoms with Crippen LogP contribution in [0.3, 0.4) is 0 Å². The van der Waals surface area contributed by atoms with Crippen molar-refractivity contribution in [3.05, 3.63) is 29.9 Å². The van der Waals surface area contributed by atoms with E-state index in [-0.39, 0.29) is 18.4 Å². The van der Waals surface area contributed by atoms with Crippen LogP contribution >= 0.6 is 24.2 Å². The van der Waals surface area contributed by atoms with Crippen LogP contribution in [0.2, 0.25) is 0 Å². The predicted molar refractivity (Wildman–Crippen MR) is 106 cm³/mol. The second kappa shape index (κ2) is 9.64. The van der Waals surface area contributed by atoms with Crippen molar-refractivity contribution in [2.75, 3.05) is 45.6 Å². The number of fused-ring (bicyclic) bond motifs is 1. The number of halogens is 1. The monoisotopic (exact) mass is 412 g/mol.